The van der Waals surface area contributed by atoms with Gasteiger partial charge in [-0.25, -0.2) is 0 Å². The first-order valence-electron chi connectivity index (χ1n) is 6.91. The highest BCUT2D eigenvalue weighted by Crippen LogP contribution is 2.39. The summed E-state index contributed by atoms with van der Waals surface area (Å²) in [4.78, 5) is 23.7. The number of nitrogens with one attached hydrogen (secondary N) is 1. The topological polar surface area (TPSA) is 78.5 Å². The molecule has 1 aromatic carbocycles. The highest BCUT2D eigenvalue weighted by atomic mass is 16.5. The van der Waals surface area contributed by atoms with Crippen LogP contribution in [0.1, 0.15) is 11.1 Å². The minimum atomic E-state index is -1.24. The van der Waals surface area contributed by atoms with Crippen molar-refractivity contribution < 1.29 is 19.4 Å². The minimum Gasteiger partial charge on any atom is -0.550 e. The van der Waals surface area contributed by atoms with Crippen LogP contribution in [0.2, 0.25) is 0 Å². The molecule has 1 aromatic rings. The molecule has 2 heterocycles. The average molecular weight is 286 g/mol. The van der Waals surface area contributed by atoms with Crippen molar-refractivity contribution in [3.05, 3.63) is 41.5 Å². The Morgan fingerprint density at radius 1 is 1.14 bits per heavy atom. The van der Waals surface area contributed by atoms with Gasteiger partial charge in [-0.05, 0) is 31.0 Å². The van der Waals surface area contributed by atoms with Crippen LogP contribution in [-0.2, 0) is 14.3 Å². The molecule has 3 rings (SSSR count). The molecule has 2 bridgehead atoms. The molecule has 110 valence electrons. The number of carbonyl (C=O) groups excluding carboxylic acids is 2. The largest absolute Gasteiger partial charge is 0.550 e. The number of rotatable bonds is 3. The number of carboxylic acids is 1. The standard InChI is InChI=1S/C16H17NO4/c1-8-4-3-5-10(9(8)2)17-15(18)13-11-6-7-12(21-11)14(13)16(19)20/h3-7,11-14H,1-2H3,(H,17,18)(H,19,20)/p-1/t11-,12+,13+,14-/m0/s1. The van der Waals surface area contributed by atoms with Crippen molar-refractivity contribution in [3.63, 3.8) is 0 Å². The van der Waals surface area contributed by atoms with Gasteiger partial charge in [0, 0.05) is 17.6 Å². The van der Waals surface area contributed by atoms with Crippen molar-refractivity contribution in [3.8, 4) is 0 Å². The van der Waals surface area contributed by atoms with Crippen LogP contribution in [0.15, 0.2) is 30.4 Å². The lowest BCUT2D eigenvalue weighted by molar-refractivity contribution is -0.313. The van der Waals surface area contributed by atoms with Crippen LogP contribution >= 0.6 is 0 Å². The zero-order valence-corrected chi connectivity index (χ0v) is 11.8. The molecular weight excluding hydrogens is 270 g/mol. The van der Waals surface area contributed by atoms with Gasteiger partial charge in [-0.15, -0.1) is 0 Å². The van der Waals surface area contributed by atoms with Crippen LogP contribution < -0.4 is 10.4 Å². The summed E-state index contributed by atoms with van der Waals surface area (Å²) in [6, 6.07) is 5.61. The van der Waals surface area contributed by atoms with E-state index in [2.05, 4.69) is 5.32 Å². The van der Waals surface area contributed by atoms with Gasteiger partial charge >= 0.3 is 0 Å². The van der Waals surface area contributed by atoms with Gasteiger partial charge < -0.3 is 20.0 Å². The fourth-order valence-electron chi connectivity index (χ4n) is 3.00. The summed E-state index contributed by atoms with van der Waals surface area (Å²) in [5.74, 6) is -3.25. The SMILES string of the molecule is Cc1cccc(NC(=O)[C@H]2[C@@H](C(=O)[O-])[C@H]3C=C[C@@H]2O3)c1C. The van der Waals surface area contributed by atoms with E-state index in [-0.39, 0.29) is 5.91 Å². The number of hydrogen-bond acceptors (Lipinski definition) is 4. The quantitative estimate of drug-likeness (QED) is 0.824. The summed E-state index contributed by atoms with van der Waals surface area (Å²) in [6.07, 6.45) is 2.39. The fraction of sp³-hybridized carbons (Fsp3) is 0.375. The molecule has 0 radical (unpaired) electrons. The van der Waals surface area contributed by atoms with Crippen molar-refractivity contribution in [2.45, 2.75) is 26.1 Å². The molecule has 0 spiro atoms. The second-order valence-electron chi connectivity index (χ2n) is 5.56. The van der Waals surface area contributed by atoms with Crippen molar-refractivity contribution in [2.75, 3.05) is 5.32 Å². The van der Waals surface area contributed by atoms with Gasteiger partial charge in [-0.3, -0.25) is 4.79 Å². The van der Waals surface area contributed by atoms with Gasteiger partial charge in [0.05, 0.1) is 18.1 Å². The lowest BCUT2D eigenvalue weighted by atomic mass is 9.82. The van der Waals surface area contributed by atoms with Gasteiger partial charge in [-0.2, -0.15) is 0 Å². The monoisotopic (exact) mass is 286 g/mol. The van der Waals surface area contributed by atoms with Gasteiger partial charge in [0.1, 0.15) is 0 Å². The molecule has 5 heteroatoms. The molecule has 4 atom stereocenters. The lowest BCUT2D eigenvalue weighted by Gasteiger charge is -2.25. The predicted molar refractivity (Wildman–Crippen MR) is 74.3 cm³/mol. The number of carboxylic acid groups (broad SMARTS) is 1. The molecule has 1 amide bonds. The maximum Gasteiger partial charge on any atom is 0.231 e. The fourth-order valence-corrected chi connectivity index (χ4v) is 3.00. The Morgan fingerprint density at radius 3 is 2.48 bits per heavy atom. The van der Waals surface area contributed by atoms with E-state index in [1.165, 1.54) is 0 Å². The van der Waals surface area contributed by atoms with E-state index in [0.29, 0.717) is 5.69 Å². The molecule has 1 fully saturated rings. The molecule has 0 saturated carbocycles. The zero-order chi connectivity index (χ0) is 15.1. The maximum absolute atomic E-state index is 12.5. The van der Waals surface area contributed by atoms with E-state index < -0.39 is 30.0 Å². The summed E-state index contributed by atoms with van der Waals surface area (Å²) >= 11 is 0. The van der Waals surface area contributed by atoms with E-state index in [1.54, 1.807) is 18.2 Å². The van der Waals surface area contributed by atoms with E-state index in [9.17, 15) is 14.7 Å². The summed E-state index contributed by atoms with van der Waals surface area (Å²) < 4.78 is 5.48. The molecule has 0 aromatic heterocycles. The zero-order valence-electron chi connectivity index (χ0n) is 11.8. The minimum absolute atomic E-state index is 0.338. The van der Waals surface area contributed by atoms with Gasteiger partial charge in [0.15, 0.2) is 0 Å². The Kier molecular flexibility index (Phi) is 3.29. The number of amides is 1. The molecule has 5 nitrogen and oxygen atoms in total. The Bertz CT molecular complexity index is 637. The molecule has 2 aliphatic heterocycles. The Hall–Kier alpha value is -2.14. The maximum atomic E-state index is 12.5. The van der Waals surface area contributed by atoms with Crippen LogP contribution in [0.25, 0.3) is 0 Å². The highest BCUT2D eigenvalue weighted by Gasteiger charge is 2.50. The Morgan fingerprint density at radius 2 is 1.81 bits per heavy atom. The van der Waals surface area contributed by atoms with Crippen LogP contribution in [0.5, 0.6) is 0 Å². The number of aliphatic carboxylic acids is 1. The average Bonchev–Trinajstić information content (AvgIpc) is 3.04. The van der Waals surface area contributed by atoms with E-state index in [1.807, 2.05) is 26.0 Å². The third kappa shape index (κ3) is 2.23. The second kappa shape index (κ2) is 5.00. The van der Waals surface area contributed by atoms with Crippen molar-refractivity contribution in [1.29, 1.82) is 0 Å². The van der Waals surface area contributed by atoms with Crippen LogP contribution in [0.3, 0.4) is 0 Å². The van der Waals surface area contributed by atoms with Crippen LogP contribution in [0.4, 0.5) is 5.69 Å². The third-order valence-electron chi connectivity index (χ3n) is 4.34. The molecular formula is C16H16NO4-. The van der Waals surface area contributed by atoms with Crippen molar-refractivity contribution in [1.82, 2.24) is 0 Å². The molecule has 0 aliphatic carbocycles. The smallest absolute Gasteiger partial charge is 0.231 e. The van der Waals surface area contributed by atoms with Crippen LogP contribution in [0, 0.1) is 25.7 Å². The number of carbonyl (C=O) groups is 2. The number of aryl methyl sites for hydroxylation is 1. The summed E-state index contributed by atoms with van der Waals surface area (Å²) in [5.41, 5.74) is 2.73. The molecule has 1 N–H and O–H groups in total. The van der Waals surface area contributed by atoms with Gasteiger partial charge in [-0.1, -0.05) is 24.3 Å². The Labute approximate surface area is 122 Å². The van der Waals surface area contributed by atoms with E-state index >= 15 is 0 Å². The first-order valence-corrected chi connectivity index (χ1v) is 6.91. The Balaban J connectivity index is 1.84. The van der Waals surface area contributed by atoms with Crippen LogP contribution in [-0.4, -0.2) is 24.1 Å². The van der Waals surface area contributed by atoms with E-state index in [0.717, 1.165) is 11.1 Å². The first kappa shape index (κ1) is 13.8. The number of anilines is 1. The number of hydrogen-bond donors (Lipinski definition) is 1. The summed E-state index contributed by atoms with van der Waals surface area (Å²) in [5, 5.41) is 14.1. The third-order valence-corrected chi connectivity index (χ3v) is 4.34. The number of fused-ring (bicyclic) bond motifs is 2. The van der Waals surface area contributed by atoms with Gasteiger partial charge in [0.2, 0.25) is 5.91 Å². The number of benzene rings is 1. The first-order chi connectivity index (χ1) is 9.99. The summed E-state index contributed by atoms with van der Waals surface area (Å²) in [7, 11) is 0. The van der Waals surface area contributed by atoms with Gasteiger partial charge in [0.25, 0.3) is 0 Å². The second-order valence-corrected chi connectivity index (χ2v) is 5.56. The highest BCUT2D eigenvalue weighted by molar-refractivity contribution is 5.97. The molecule has 0 unspecified atom stereocenters. The normalized spacial score (nSPS) is 29.6. The number of ether oxygens (including phenoxy) is 1. The van der Waals surface area contributed by atoms with Crippen molar-refractivity contribution in [2.24, 2.45) is 11.8 Å². The predicted octanol–water partition coefficient (Wildman–Crippen LogP) is 0.561. The molecule has 1 saturated heterocycles. The molecule has 2 aliphatic rings. The van der Waals surface area contributed by atoms with Crippen molar-refractivity contribution >= 4 is 17.6 Å². The molecule has 21 heavy (non-hydrogen) atoms. The lowest BCUT2D eigenvalue weighted by Crippen LogP contribution is -2.45. The summed E-state index contributed by atoms with van der Waals surface area (Å²) in [6.45, 7) is 3.87. The van der Waals surface area contributed by atoms with E-state index in [4.69, 9.17) is 4.74 Å².